The molecule has 0 fully saturated rings. The van der Waals surface area contributed by atoms with E-state index in [9.17, 15) is 4.79 Å². The topological polar surface area (TPSA) is 56.8 Å². The van der Waals surface area contributed by atoms with E-state index in [1.54, 1.807) is 36.4 Å². The highest BCUT2D eigenvalue weighted by atomic mass is 16.6. The Hall–Kier alpha value is -2.53. The van der Waals surface area contributed by atoms with Gasteiger partial charge in [-0.2, -0.15) is 0 Å². The molecule has 0 aliphatic heterocycles. The van der Waals surface area contributed by atoms with Gasteiger partial charge in [-0.25, -0.2) is 4.79 Å². The third kappa shape index (κ3) is 7.71. The third-order valence-electron chi connectivity index (χ3n) is 3.83. The maximum Gasteiger partial charge on any atom is 0.343 e. The van der Waals surface area contributed by atoms with E-state index in [2.05, 4.69) is 18.8 Å². The molecule has 1 N–H and O–H groups in total. The van der Waals surface area contributed by atoms with Crippen LogP contribution in [0.1, 0.15) is 33.1 Å². The second kappa shape index (κ2) is 12.8. The minimum atomic E-state index is -0.497. The number of ether oxygens (including phenoxy) is 3. The first-order valence-corrected chi connectivity index (χ1v) is 9.23. The molecule has 1 aromatic carbocycles. The second-order valence-electron chi connectivity index (χ2n) is 6.02. The van der Waals surface area contributed by atoms with E-state index in [1.807, 2.05) is 6.92 Å². The molecule has 0 radical (unpaired) electrons. The van der Waals surface area contributed by atoms with E-state index in [0.29, 0.717) is 23.6 Å². The van der Waals surface area contributed by atoms with Crippen LogP contribution in [0.4, 0.5) is 0 Å². The maximum absolute atomic E-state index is 12.7. The van der Waals surface area contributed by atoms with E-state index >= 15 is 0 Å². The van der Waals surface area contributed by atoms with Gasteiger partial charge in [0.25, 0.3) is 0 Å². The number of para-hydroxylation sites is 1. The van der Waals surface area contributed by atoms with Crippen LogP contribution >= 0.6 is 0 Å². The molecule has 0 aliphatic carbocycles. The summed E-state index contributed by atoms with van der Waals surface area (Å²) in [7, 11) is 3.03. The zero-order chi connectivity index (χ0) is 20.1. The summed E-state index contributed by atoms with van der Waals surface area (Å²) in [6.45, 7) is 9.59. The zero-order valence-corrected chi connectivity index (χ0v) is 16.8. The highest BCUT2D eigenvalue weighted by molar-refractivity contribution is 5.94. The van der Waals surface area contributed by atoms with Crippen LogP contribution < -0.4 is 19.5 Å². The van der Waals surface area contributed by atoms with Crippen molar-refractivity contribution >= 4 is 5.97 Å². The van der Waals surface area contributed by atoms with Crippen molar-refractivity contribution in [3.8, 4) is 17.2 Å². The van der Waals surface area contributed by atoms with E-state index in [1.165, 1.54) is 27.1 Å². The molecule has 5 heteroatoms. The standard InChI is InChI=1S/C22H31NO4/c1-6-8-9-14-23-16-17(3)15-18(11-7-2)22(24)27-21-19(25-4)12-10-13-20(21)26-5/h7,10-13,15,23H,3,6,8-9,14,16H2,1-2,4-5H3/b11-7-,18-15+. The van der Waals surface area contributed by atoms with Gasteiger partial charge >= 0.3 is 5.97 Å². The summed E-state index contributed by atoms with van der Waals surface area (Å²) >= 11 is 0. The molecular weight excluding hydrogens is 342 g/mol. The van der Waals surface area contributed by atoms with Crippen LogP contribution in [-0.4, -0.2) is 33.3 Å². The van der Waals surface area contributed by atoms with E-state index < -0.39 is 5.97 Å². The molecule has 1 aromatic rings. The summed E-state index contributed by atoms with van der Waals surface area (Å²) in [6.07, 6.45) is 8.74. The smallest absolute Gasteiger partial charge is 0.343 e. The fourth-order valence-corrected chi connectivity index (χ4v) is 2.44. The van der Waals surface area contributed by atoms with Crippen LogP contribution in [0.3, 0.4) is 0 Å². The molecule has 0 saturated carbocycles. The summed E-state index contributed by atoms with van der Waals surface area (Å²) in [5, 5.41) is 3.33. The van der Waals surface area contributed by atoms with Gasteiger partial charge in [0, 0.05) is 6.54 Å². The van der Waals surface area contributed by atoms with Crippen LogP contribution in [0.2, 0.25) is 0 Å². The number of hydrogen-bond donors (Lipinski definition) is 1. The predicted molar refractivity (Wildman–Crippen MR) is 110 cm³/mol. The number of benzene rings is 1. The predicted octanol–water partition coefficient (Wildman–Crippen LogP) is 4.45. The van der Waals surface area contributed by atoms with Gasteiger partial charge in [-0.05, 0) is 43.7 Å². The Morgan fingerprint density at radius 2 is 1.85 bits per heavy atom. The molecular formula is C22H31NO4. The maximum atomic E-state index is 12.7. The van der Waals surface area contributed by atoms with Gasteiger partial charge in [0.2, 0.25) is 5.75 Å². The average molecular weight is 373 g/mol. The monoisotopic (exact) mass is 373 g/mol. The van der Waals surface area contributed by atoms with Gasteiger partial charge in [-0.1, -0.05) is 44.6 Å². The molecule has 0 atom stereocenters. The van der Waals surface area contributed by atoms with Crippen molar-refractivity contribution in [3.05, 3.63) is 54.2 Å². The lowest BCUT2D eigenvalue weighted by atomic mass is 10.1. The van der Waals surface area contributed by atoms with Crippen LogP contribution in [0.5, 0.6) is 17.2 Å². The van der Waals surface area contributed by atoms with Gasteiger partial charge in [-0.3, -0.25) is 0 Å². The molecule has 0 unspecified atom stereocenters. The van der Waals surface area contributed by atoms with E-state index in [4.69, 9.17) is 14.2 Å². The average Bonchev–Trinajstić information content (AvgIpc) is 2.67. The molecule has 5 nitrogen and oxygen atoms in total. The van der Waals surface area contributed by atoms with Crippen LogP contribution in [0.25, 0.3) is 0 Å². The minimum Gasteiger partial charge on any atom is -0.493 e. The van der Waals surface area contributed by atoms with E-state index in [-0.39, 0.29) is 5.75 Å². The fraction of sp³-hybridized carbons (Fsp3) is 0.409. The van der Waals surface area contributed by atoms with Crippen molar-refractivity contribution in [3.63, 3.8) is 0 Å². The molecule has 0 aromatic heterocycles. The normalized spacial score (nSPS) is 11.5. The molecule has 1 rings (SSSR count). The highest BCUT2D eigenvalue weighted by Crippen LogP contribution is 2.37. The first kappa shape index (κ1) is 22.5. The van der Waals surface area contributed by atoms with Gasteiger partial charge in [0.05, 0.1) is 19.8 Å². The Bertz CT molecular complexity index is 655. The van der Waals surface area contributed by atoms with Gasteiger partial charge in [-0.15, -0.1) is 0 Å². The fourth-order valence-electron chi connectivity index (χ4n) is 2.44. The number of hydrogen-bond acceptors (Lipinski definition) is 5. The minimum absolute atomic E-state index is 0.256. The van der Waals surface area contributed by atoms with Crippen molar-refractivity contribution in [2.75, 3.05) is 27.3 Å². The van der Waals surface area contributed by atoms with Gasteiger partial charge in [0.1, 0.15) is 0 Å². The zero-order valence-electron chi connectivity index (χ0n) is 16.8. The van der Waals surface area contributed by atoms with Crippen molar-refractivity contribution < 1.29 is 19.0 Å². The third-order valence-corrected chi connectivity index (χ3v) is 3.83. The summed E-state index contributed by atoms with van der Waals surface area (Å²) in [4.78, 5) is 12.7. The van der Waals surface area contributed by atoms with Crippen LogP contribution in [0, 0.1) is 0 Å². The number of methoxy groups -OCH3 is 2. The highest BCUT2D eigenvalue weighted by Gasteiger charge is 2.17. The van der Waals surface area contributed by atoms with Crippen molar-refractivity contribution in [2.45, 2.75) is 33.1 Å². The van der Waals surface area contributed by atoms with E-state index in [0.717, 1.165) is 18.5 Å². The quantitative estimate of drug-likeness (QED) is 0.193. The number of carbonyl (C=O) groups is 1. The molecule has 148 valence electrons. The Morgan fingerprint density at radius 1 is 1.19 bits per heavy atom. The Balaban J connectivity index is 2.86. The second-order valence-corrected chi connectivity index (χ2v) is 6.02. The summed E-state index contributed by atoms with van der Waals surface area (Å²) in [5.41, 5.74) is 1.22. The molecule has 0 aliphatic rings. The number of esters is 1. The van der Waals surface area contributed by atoms with Crippen molar-refractivity contribution in [2.24, 2.45) is 0 Å². The molecule has 27 heavy (non-hydrogen) atoms. The lowest BCUT2D eigenvalue weighted by Crippen LogP contribution is -2.18. The lowest BCUT2D eigenvalue weighted by molar-refractivity contribution is -0.130. The molecule has 0 saturated heterocycles. The summed E-state index contributed by atoms with van der Waals surface area (Å²) in [6, 6.07) is 5.19. The SMILES string of the molecule is C=C(/C=C(\C=C/C)C(=O)Oc1c(OC)cccc1OC)CNCCCCC. The summed E-state index contributed by atoms with van der Waals surface area (Å²) in [5.74, 6) is 0.618. The molecule has 0 heterocycles. The number of nitrogens with one attached hydrogen (secondary N) is 1. The molecule has 0 bridgehead atoms. The Morgan fingerprint density at radius 3 is 2.41 bits per heavy atom. The van der Waals surface area contributed by atoms with Crippen LogP contribution in [-0.2, 0) is 4.79 Å². The Kier molecular flexibility index (Phi) is 10.6. The first-order chi connectivity index (χ1) is 13.1. The Labute approximate surface area is 162 Å². The van der Waals surface area contributed by atoms with Crippen LogP contribution in [0.15, 0.2) is 54.2 Å². The first-order valence-electron chi connectivity index (χ1n) is 9.23. The molecule has 0 amide bonds. The summed E-state index contributed by atoms with van der Waals surface area (Å²) < 4.78 is 16.1. The largest absolute Gasteiger partial charge is 0.493 e. The van der Waals surface area contributed by atoms with Crippen molar-refractivity contribution in [1.29, 1.82) is 0 Å². The molecule has 0 spiro atoms. The number of carbonyl (C=O) groups excluding carboxylic acids is 1. The van der Waals surface area contributed by atoms with Gasteiger partial charge < -0.3 is 19.5 Å². The number of rotatable bonds is 12. The van der Waals surface area contributed by atoms with Gasteiger partial charge in [0.15, 0.2) is 11.5 Å². The number of unbranched alkanes of at least 4 members (excludes halogenated alkanes) is 2. The number of allylic oxidation sites excluding steroid dienone is 1. The lowest BCUT2D eigenvalue weighted by Gasteiger charge is -2.13. The van der Waals surface area contributed by atoms with Crippen molar-refractivity contribution in [1.82, 2.24) is 5.32 Å².